The summed E-state index contributed by atoms with van der Waals surface area (Å²) in [6.45, 7) is 15.6. The number of carbonyl (C=O) groups excluding carboxylic acids is 1. The monoisotopic (exact) mass is 582 g/mol. The van der Waals surface area contributed by atoms with Crippen molar-refractivity contribution in [2.45, 2.75) is 148 Å². The van der Waals surface area contributed by atoms with Crippen LogP contribution in [0.2, 0.25) is 18.1 Å². The molecule has 3 aliphatic carbocycles. The molecule has 1 heterocycles. The summed E-state index contributed by atoms with van der Waals surface area (Å²) in [5.74, 6) is 3.80. The maximum absolute atomic E-state index is 13.8. The zero-order chi connectivity index (χ0) is 29.3. The van der Waals surface area contributed by atoms with Gasteiger partial charge in [-0.15, -0.1) is 0 Å². The minimum atomic E-state index is -1.85. The first-order chi connectivity index (χ1) is 19.5. The number of carbonyl (C=O) groups is 1. The molecule has 5 heteroatoms. The second-order valence-corrected chi connectivity index (χ2v) is 20.3. The van der Waals surface area contributed by atoms with Crippen LogP contribution in [0.4, 0.5) is 0 Å². The zero-order valence-corrected chi connectivity index (χ0v) is 28.1. The van der Waals surface area contributed by atoms with Gasteiger partial charge in [0, 0.05) is 24.5 Å². The Balaban J connectivity index is 1.10. The highest BCUT2D eigenvalue weighted by Gasteiger charge is 2.57. The van der Waals surface area contributed by atoms with Crippen LogP contribution in [0, 0.1) is 23.2 Å². The van der Waals surface area contributed by atoms with E-state index in [1.165, 1.54) is 56.9 Å². The lowest BCUT2D eigenvalue weighted by Gasteiger charge is -2.48. The fourth-order valence-corrected chi connectivity index (χ4v) is 9.36. The Morgan fingerprint density at radius 2 is 1.80 bits per heavy atom. The molecule has 5 rings (SSSR count). The Kier molecular flexibility index (Phi) is 9.77. The molecule has 4 aliphatic rings. The van der Waals surface area contributed by atoms with Crippen molar-refractivity contribution in [1.82, 2.24) is 0 Å². The van der Waals surface area contributed by atoms with E-state index in [1.54, 1.807) is 5.56 Å². The van der Waals surface area contributed by atoms with Crippen LogP contribution in [0.3, 0.4) is 0 Å². The number of benzene rings is 1. The molecule has 1 aromatic carbocycles. The highest BCUT2D eigenvalue weighted by molar-refractivity contribution is 6.74. The molecule has 1 aliphatic heterocycles. The summed E-state index contributed by atoms with van der Waals surface area (Å²) in [6, 6.07) is 6.99. The van der Waals surface area contributed by atoms with Crippen molar-refractivity contribution in [3.8, 4) is 5.75 Å². The lowest BCUT2D eigenvalue weighted by Crippen LogP contribution is -2.44. The quantitative estimate of drug-likeness (QED) is 0.192. The third-order valence-corrected chi connectivity index (χ3v) is 16.2. The van der Waals surface area contributed by atoms with Crippen LogP contribution in [-0.4, -0.2) is 33.6 Å². The second kappa shape index (κ2) is 12.8. The Bertz CT molecular complexity index is 1040. The number of ether oxygens (including phenoxy) is 2. The molecule has 0 N–H and O–H groups in total. The molecule has 3 fully saturated rings. The predicted octanol–water partition coefficient (Wildman–Crippen LogP) is 9.61. The van der Waals surface area contributed by atoms with Crippen molar-refractivity contribution < 1.29 is 18.7 Å². The standard InChI is InChI=1S/C36H58O4Si/c1-35(2,3)41(5,6)40-28-17-19-29-26(24-28)16-18-31-30(29)20-21-36(4)32(31)25-27(34(36)37)14-10-8-7-9-12-22-38-33-15-11-13-23-39-33/h17,19,24,27,30-33H,7-16,18,20-23,25H2,1-6H3/t27?,30-,31-,32+,33?,36+/m1/s1. The van der Waals surface area contributed by atoms with Crippen molar-refractivity contribution >= 4 is 14.1 Å². The van der Waals surface area contributed by atoms with Gasteiger partial charge in [0.15, 0.2) is 6.29 Å². The molecule has 1 aromatic rings. The summed E-state index contributed by atoms with van der Waals surface area (Å²) in [6.07, 6.45) is 16.3. The molecular formula is C36H58O4Si. The van der Waals surface area contributed by atoms with Crippen LogP contribution in [0.15, 0.2) is 18.2 Å². The van der Waals surface area contributed by atoms with Crippen molar-refractivity contribution in [2.24, 2.45) is 23.2 Å². The van der Waals surface area contributed by atoms with Crippen LogP contribution < -0.4 is 4.43 Å². The number of unbranched alkanes of at least 4 members (excludes halogenated alkanes) is 4. The molecule has 1 saturated heterocycles. The summed E-state index contributed by atoms with van der Waals surface area (Å²) in [7, 11) is -1.85. The zero-order valence-electron chi connectivity index (χ0n) is 27.1. The first-order valence-corrected chi connectivity index (χ1v) is 20.0. The molecule has 4 nitrogen and oxygen atoms in total. The maximum atomic E-state index is 13.8. The third-order valence-electron chi connectivity index (χ3n) is 11.9. The van der Waals surface area contributed by atoms with Gasteiger partial charge in [-0.1, -0.05) is 59.4 Å². The number of hydrogen-bond donors (Lipinski definition) is 0. The molecule has 0 aromatic heterocycles. The minimum Gasteiger partial charge on any atom is -0.543 e. The predicted molar refractivity (Wildman–Crippen MR) is 170 cm³/mol. The Labute approximate surface area is 251 Å². The van der Waals surface area contributed by atoms with E-state index in [1.807, 2.05) is 0 Å². The van der Waals surface area contributed by atoms with E-state index < -0.39 is 8.32 Å². The van der Waals surface area contributed by atoms with Crippen molar-refractivity contribution in [3.05, 3.63) is 29.3 Å². The average molecular weight is 583 g/mol. The smallest absolute Gasteiger partial charge is 0.250 e. The highest BCUT2D eigenvalue weighted by Crippen LogP contribution is 2.61. The van der Waals surface area contributed by atoms with Gasteiger partial charge in [-0.2, -0.15) is 0 Å². The van der Waals surface area contributed by atoms with Gasteiger partial charge in [-0.3, -0.25) is 4.79 Å². The molecule has 0 bridgehead atoms. The second-order valence-electron chi connectivity index (χ2n) is 15.6. The van der Waals surface area contributed by atoms with Gasteiger partial charge in [0.05, 0.1) is 0 Å². The fraction of sp³-hybridized carbons (Fsp3) is 0.806. The van der Waals surface area contributed by atoms with Gasteiger partial charge in [0.25, 0.3) is 0 Å². The number of Topliss-reactive ketones (excluding diaryl/α,β-unsaturated/α-hetero) is 1. The van der Waals surface area contributed by atoms with E-state index in [-0.39, 0.29) is 22.7 Å². The number of hydrogen-bond acceptors (Lipinski definition) is 4. The SMILES string of the molecule is CC(C)(C)[Si](C)(C)Oc1ccc2c(c1)CC[C@@H]1[C@@H]2CC[C@]2(C)C(=O)C(CCCCCCCOC3CCCCO3)C[C@@H]12. The number of rotatable bonds is 11. The molecule has 0 amide bonds. The molecule has 2 unspecified atom stereocenters. The highest BCUT2D eigenvalue weighted by atomic mass is 28.4. The van der Waals surface area contributed by atoms with Crippen LogP contribution >= 0.6 is 0 Å². The summed E-state index contributed by atoms with van der Waals surface area (Å²) in [5, 5.41) is 0.201. The molecule has 6 atom stereocenters. The Hall–Kier alpha value is -1.17. The van der Waals surface area contributed by atoms with E-state index in [0.29, 0.717) is 23.5 Å². The van der Waals surface area contributed by atoms with Crippen molar-refractivity contribution in [2.75, 3.05) is 13.2 Å². The lowest BCUT2D eigenvalue weighted by molar-refractivity contribution is -0.162. The van der Waals surface area contributed by atoms with E-state index >= 15 is 0 Å². The molecule has 41 heavy (non-hydrogen) atoms. The summed E-state index contributed by atoms with van der Waals surface area (Å²) in [5.41, 5.74) is 2.97. The van der Waals surface area contributed by atoms with Gasteiger partial charge >= 0.3 is 0 Å². The maximum Gasteiger partial charge on any atom is 0.250 e. The van der Waals surface area contributed by atoms with Crippen molar-refractivity contribution in [3.63, 3.8) is 0 Å². The Morgan fingerprint density at radius 1 is 1.02 bits per heavy atom. The molecule has 2 saturated carbocycles. The molecule has 0 spiro atoms. The molecule has 0 radical (unpaired) electrons. The normalized spacial score (nSPS) is 31.9. The summed E-state index contributed by atoms with van der Waals surface area (Å²) >= 11 is 0. The van der Waals surface area contributed by atoms with Gasteiger partial charge in [0.2, 0.25) is 8.32 Å². The van der Waals surface area contributed by atoms with Gasteiger partial charge in [-0.05, 0) is 123 Å². The van der Waals surface area contributed by atoms with E-state index in [2.05, 4.69) is 59.0 Å². The van der Waals surface area contributed by atoms with E-state index in [0.717, 1.165) is 57.5 Å². The first-order valence-electron chi connectivity index (χ1n) is 17.1. The van der Waals surface area contributed by atoms with Crippen LogP contribution in [0.25, 0.3) is 0 Å². The van der Waals surface area contributed by atoms with Gasteiger partial charge in [-0.25, -0.2) is 0 Å². The lowest BCUT2D eigenvalue weighted by atomic mass is 9.55. The number of aryl methyl sites for hydroxylation is 1. The average Bonchev–Trinajstić information content (AvgIpc) is 3.19. The number of fused-ring (bicyclic) bond motifs is 5. The topological polar surface area (TPSA) is 44.8 Å². The largest absolute Gasteiger partial charge is 0.543 e. The van der Waals surface area contributed by atoms with E-state index in [9.17, 15) is 4.79 Å². The fourth-order valence-electron chi connectivity index (χ4n) is 8.34. The van der Waals surface area contributed by atoms with Crippen LogP contribution in [0.5, 0.6) is 5.75 Å². The first kappa shape index (κ1) is 31.3. The van der Waals surface area contributed by atoms with Crippen molar-refractivity contribution in [1.29, 1.82) is 0 Å². The third kappa shape index (κ3) is 6.83. The van der Waals surface area contributed by atoms with E-state index in [4.69, 9.17) is 13.9 Å². The van der Waals surface area contributed by atoms with Crippen LogP contribution in [0.1, 0.15) is 128 Å². The summed E-state index contributed by atoms with van der Waals surface area (Å²) < 4.78 is 18.2. The minimum absolute atomic E-state index is 0.0399. The Morgan fingerprint density at radius 3 is 2.56 bits per heavy atom. The van der Waals surface area contributed by atoms with Gasteiger partial charge < -0.3 is 13.9 Å². The molecular weight excluding hydrogens is 524 g/mol. The van der Waals surface area contributed by atoms with Crippen LogP contribution in [-0.2, 0) is 20.7 Å². The molecule has 230 valence electrons. The number of ketones is 1. The van der Waals surface area contributed by atoms with Gasteiger partial charge in [0.1, 0.15) is 11.5 Å². The summed E-state index contributed by atoms with van der Waals surface area (Å²) in [4.78, 5) is 13.8.